The van der Waals surface area contributed by atoms with E-state index in [1.54, 1.807) is 6.07 Å². The summed E-state index contributed by atoms with van der Waals surface area (Å²) in [6.45, 7) is 0. The van der Waals surface area contributed by atoms with Gasteiger partial charge in [-0.3, -0.25) is 0 Å². The third-order valence-electron chi connectivity index (χ3n) is 2.52. The third-order valence-corrected chi connectivity index (χ3v) is 4.55. The molecule has 82 valence electrons. The van der Waals surface area contributed by atoms with E-state index < -0.39 is 9.84 Å². The van der Waals surface area contributed by atoms with Crippen LogP contribution in [0.2, 0.25) is 5.02 Å². The van der Waals surface area contributed by atoms with Crippen molar-refractivity contribution >= 4 is 21.4 Å². The van der Waals surface area contributed by atoms with Gasteiger partial charge in [0.1, 0.15) is 0 Å². The molecule has 0 aromatic carbocycles. The van der Waals surface area contributed by atoms with Gasteiger partial charge in [-0.1, -0.05) is 11.6 Å². The summed E-state index contributed by atoms with van der Waals surface area (Å²) in [7, 11) is -2.90. The molecule has 1 saturated heterocycles. The van der Waals surface area contributed by atoms with Gasteiger partial charge >= 0.3 is 0 Å². The number of hydrogen-bond acceptors (Lipinski definition) is 4. The van der Waals surface area contributed by atoms with Crippen molar-refractivity contribution in [3.8, 4) is 0 Å². The summed E-state index contributed by atoms with van der Waals surface area (Å²) in [5, 5.41) is 8.16. The summed E-state index contributed by atoms with van der Waals surface area (Å²) in [5.74, 6) is 0.412. The molecule has 0 radical (unpaired) electrons. The molecule has 1 aliphatic heterocycles. The van der Waals surface area contributed by atoms with Gasteiger partial charge in [-0.15, -0.1) is 0 Å². The predicted octanol–water partition coefficient (Wildman–Crippen LogP) is 1.42. The van der Waals surface area contributed by atoms with Crippen molar-refractivity contribution < 1.29 is 8.42 Å². The number of aromatic nitrogens is 2. The molecular weight excluding hydrogens is 236 g/mol. The molecule has 0 aliphatic carbocycles. The molecule has 1 aliphatic rings. The highest BCUT2D eigenvalue weighted by molar-refractivity contribution is 7.91. The third kappa shape index (κ3) is 2.66. The molecule has 4 nitrogen and oxygen atoms in total. The highest BCUT2D eigenvalue weighted by Crippen LogP contribution is 2.27. The van der Waals surface area contributed by atoms with Crippen LogP contribution < -0.4 is 0 Å². The van der Waals surface area contributed by atoms with Gasteiger partial charge in [0, 0.05) is 5.92 Å². The average Bonchev–Trinajstić information content (AvgIpc) is 2.16. The summed E-state index contributed by atoms with van der Waals surface area (Å²) >= 11 is 5.78. The fourth-order valence-electron chi connectivity index (χ4n) is 1.81. The van der Waals surface area contributed by atoms with Crippen LogP contribution in [-0.2, 0) is 9.84 Å². The van der Waals surface area contributed by atoms with Gasteiger partial charge in [-0.25, -0.2) is 8.42 Å². The zero-order valence-corrected chi connectivity index (χ0v) is 9.63. The predicted molar refractivity (Wildman–Crippen MR) is 57.7 cm³/mol. The monoisotopic (exact) mass is 246 g/mol. The Labute approximate surface area is 93.6 Å². The first kappa shape index (κ1) is 10.8. The molecule has 1 fully saturated rings. The normalized spacial score (nSPS) is 25.0. The summed E-state index contributed by atoms with van der Waals surface area (Å²) in [6, 6.07) is 1.69. The molecule has 2 heterocycles. The molecule has 2 rings (SSSR count). The summed E-state index contributed by atoms with van der Waals surface area (Å²) in [4.78, 5) is 0. The molecular formula is C9H11ClN2O2S. The van der Waals surface area contributed by atoms with Crippen LogP contribution in [0.3, 0.4) is 0 Å². The van der Waals surface area contributed by atoms with E-state index in [9.17, 15) is 8.42 Å². The van der Waals surface area contributed by atoms with Crippen molar-refractivity contribution in [1.29, 1.82) is 0 Å². The number of sulfone groups is 1. The van der Waals surface area contributed by atoms with Gasteiger partial charge in [0.2, 0.25) is 0 Å². The lowest BCUT2D eigenvalue weighted by molar-refractivity contribution is 0.547. The van der Waals surface area contributed by atoms with E-state index in [2.05, 4.69) is 10.2 Å². The molecule has 0 amide bonds. The van der Waals surface area contributed by atoms with E-state index in [0.717, 1.165) is 6.42 Å². The summed E-state index contributed by atoms with van der Waals surface area (Å²) in [6.07, 6.45) is 2.98. The molecule has 1 atom stereocenters. The molecule has 0 spiro atoms. The van der Waals surface area contributed by atoms with Gasteiger partial charge in [-0.05, 0) is 18.9 Å². The Bertz CT molecular complexity index is 461. The molecule has 0 N–H and O–H groups in total. The van der Waals surface area contributed by atoms with Crippen molar-refractivity contribution in [2.24, 2.45) is 0 Å². The molecule has 0 saturated carbocycles. The van der Waals surface area contributed by atoms with Crippen LogP contribution in [0.4, 0.5) is 0 Å². The second-order valence-electron chi connectivity index (χ2n) is 3.75. The topological polar surface area (TPSA) is 59.9 Å². The largest absolute Gasteiger partial charge is 0.229 e. The van der Waals surface area contributed by atoms with E-state index in [1.165, 1.54) is 6.20 Å². The van der Waals surface area contributed by atoms with Gasteiger partial charge in [-0.2, -0.15) is 10.2 Å². The van der Waals surface area contributed by atoms with Crippen LogP contribution in [0.1, 0.15) is 24.5 Å². The van der Waals surface area contributed by atoms with Crippen LogP contribution in [-0.4, -0.2) is 30.1 Å². The first-order valence-corrected chi connectivity index (χ1v) is 6.95. The minimum Gasteiger partial charge on any atom is -0.229 e. The number of hydrogen-bond donors (Lipinski definition) is 0. The zero-order valence-electron chi connectivity index (χ0n) is 8.06. The zero-order chi connectivity index (χ0) is 10.9. The van der Waals surface area contributed by atoms with Gasteiger partial charge in [0.15, 0.2) is 9.84 Å². The fraction of sp³-hybridized carbons (Fsp3) is 0.556. The van der Waals surface area contributed by atoms with E-state index in [0.29, 0.717) is 17.1 Å². The van der Waals surface area contributed by atoms with Crippen LogP contribution in [0.15, 0.2) is 12.3 Å². The molecule has 1 unspecified atom stereocenters. The van der Waals surface area contributed by atoms with Gasteiger partial charge in [0.25, 0.3) is 0 Å². The maximum Gasteiger partial charge on any atom is 0.150 e. The van der Waals surface area contributed by atoms with Crippen molar-refractivity contribution in [2.45, 2.75) is 18.8 Å². The Kier molecular flexibility index (Phi) is 2.93. The number of rotatable bonds is 1. The van der Waals surface area contributed by atoms with E-state index in [1.807, 2.05) is 0 Å². The van der Waals surface area contributed by atoms with Crippen molar-refractivity contribution in [3.05, 3.63) is 23.0 Å². The Balaban J connectivity index is 2.24. The molecule has 1 aromatic heterocycles. The quantitative estimate of drug-likeness (QED) is 0.752. The lowest BCUT2D eigenvalue weighted by Crippen LogP contribution is -2.24. The van der Waals surface area contributed by atoms with E-state index in [4.69, 9.17) is 11.6 Å². The van der Waals surface area contributed by atoms with Crippen molar-refractivity contribution in [1.82, 2.24) is 10.2 Å². The molecule has 1 aromatic rings. The van der Waals surface area contributed by atoms with Gasteiger partial charge in [0.05, 0.1) is 28.4 Å². The van der Waals surface area contributed by atoms with Crippen LogP contribution in [0.25, 0.3) is 0 Å². The van der Waals surface area contributed by atoms with Crippen LogP contribution >= 0.6 is 11.6 Å². The SMILES string of the molecule is O=S1(=O)CCCC(c2cc(Cl)cnn2)C1. The second kappa shape index (κ2) is 4.06. The smallest absolute Gasteiger partial charge is 0.150 e. The molecule has 0 bridgehead atoms. The first-order valence-electron chi connectivity index (χ1n) is 4.75. The lowest BCUT2D eigenvalue weighted by Gasteiger charge is -2.20. The van der Waals surface area contributed by atoms with Crippen LogP contribution in [0.5, 0.6) is 0 Å². The maximum absolute atomic E-state index is 11.4. The van der Waals surface area contributed by atoms with E-state index in [-0.39, 0.29) is 17.4 Å². The molecule has 15 heavy (non-hydrogen) atoms. The van der Waals surface area contributed by atoms with Crippen molar-refractivity contribution in [2.75, 3.05) is 11.5 Å². The Morgan fingerprint density at radius 1 is 1.47 bits per heavy atom. The minimum atomic E-state index is -2.90. The standard InChI is InChI=1S/C9H11ClN2O2S/c10-8-4-9(12-11-5-8)7-2-1-3-15(13,14)6-7/h4-5,7H,1-3,6H2. The minimum absolute atomic E-state index is 0.0463. The average molecular weight is 247 g/mol. The van der Waals surface area contributed by atoms with Crippen molar-refractivity contribution in [3.63, 3.8) is 0 Å². The number of halogens is 1. The summed E-state index contributed by atoms with van der Waals surface area (Å²) in [5.41, 5.74) is 0.686. The Morgan fingerprint density at radius 2 is 2.27 bits per heavy atom. The maximum atomic E-state index is 11.4. The first-order chi connectivity index (χ1) is 7.07. The Hall–Kier alpha value is -0.680. The number of nitrogens with zero attached hydrogens (tertiary/aromatic N) is 2. The Morgan fingerprint density at radius 3 is 2.93 bits per heavy atom. The van der Waals surface area contributed by atoms with Gasteiger partial charge < -0.3 is 0 Å². The second-order valence-corrected chi connectivity index (χ2v) is 6.42. The fourth-order valence-corrected chi connectivity index (χ4v) is 3.69. The molecule has 6 heteroatoms. The van der Waals surface area contributed by atoms with Crippen LogP contribution in [0, 0.1) is 0 Å². The highest BCUT2D eigenvalue weighted by atomic mass is 35.5. The van der Waals surface area contributed by atoms with E-state index >= 15 is 0 Å². The lowest BCUT2D eigenvalue weighted by atomic mass is 10.0. The highest BCUT2D eigenvalue weighted by Gasteiger charge is 2.27. The summed E-state index contributed by atoms with van der Waals surface area (Å²) < 4.78 is 22.9.